The molecule has 0 radical (unpaired) electrons. The van der Waals surface area contributed by atoms with Crippen LogP contribution < -0.4 is 24.8 Å². The lowest BCUT2D eigenvalue weighted by Gasteiger charge is -2.12. The number of rotatable bonds is 4. The van der Waals surface area contributed by atoms with Gasteiger partial charge in [-0.05, 0) is 42.5 Å². The van der Waals surface area contributed by atoms with E-state index in [1.165, 1.54) is 14.2 Å². The number of aromatic nitrogens is 1. The second-order valence-electron chi connectivity index (χ2n) is 6.14. The van der Waals surface area contributed by atoms with Crippen LogP contribution in [0.4, 0.5) is 11.4 Å². The van der Waals surface area contributed by atoms with Crippen LogP contribution in [0.5, 0.6) is 23.1 Å². The molecule has 0 bridgehead atoms. The highest BCUT2D eigenvalue weighted by atomic mass is 16.5. The maximum atomic E-state index is 12.7. The maximum Gasteiger partial charge on any atom is 0.259 e. The monoisotopic (exact) mass is 391 g/mol. The van der Waals surface area contributed by atoms with Crippen molar-refractivity contribution in [3.8, 4) is 23.1 Å². The van der Waals surface area contributed by atoms with Crippen LogP contribution in [0.3, 0.4) is 0 Å². The number of hydrogen-bond acceptors (Lipinski definition) is 6. The lowest BCUT2D eigenvalue weighted by molar-refractivity contribution is 0.101. The average Bonchev–Trinajstić information content (AvgIpc) is 2.88. The molecule has 8 nitrogen and oxygen atoms in total. The summed E-state index contributed by atoms with van der Waals surface area (Å²) in [6.45, 7) is 0. The molecule has 2 amide bonds. The zero-order chi connectivity index (χ0) is 20.4. The molecular formula is C21H17N3O5. The number of benzene rings is 2. The van der Waals surface area contributed by atoms with Gasteiger partial charge in [-0.3, -0.25) is 9.59 Å². The molecule has 1 aromatic heterocycles. The molecule has 0 spiro atoms. The van der Waals surface area contributed by atoms with Gasteiger partial charge in [-0.25, -0.2) is 4.98 Å². The number of ether oxygens (including phenoxy) is 3. The molecule has 0 saturated carbocycles. The number of amides is 2. The molecule has 0 aliphatic carbocycles. The average molecular weight is 391 g/mol. The first-order valence-corrected chi connectivity index (χ1v) is 8.70. The van der Waals surface area contributed by atoms with Gasteiger partial charge in [-0.2, -0.15) is 0 Å². The minimum atomic E-state index is -0.385. The fourth-order valence-electron chi connectivity index (χ4n) is 2.92. The number of pyridine rings is 1. The van der Waals surface area contributed by atoms with E-state index in [4.69, 9.17) is 14.2 Å². The van der Waals surface area contributed by atoms with E-state index in [0.29, 0.717) is 40.1 Å². The van der Waals surface area contributed by atoms with Crippen LogP contribution >= 0.6 is 0 Å². The van der Waals surface area contributed by atoms with Crippen LogP contribution in [0, 0.1) is 0 Å². The van der Waals surface area contributed by atoms with Crippen LogP contribution in [0.25, 0.3) is 0 Å². The van der Waals surface area contributed by atoms with E-state index >= 15 is 0 Å². The topological polar surface area (TPSA) is 98.8 Å². The maximum absolute atomic E-state index is 12.7. The molecule has 3 aromatic rings. The molecule has 1 aliphatic heterocycles. The fourth-order valence-corrected chi connectivity index (χ4v) is 2.92. The summed E-state index contributed by atoms with van der Waals surface area (Å²) < 4.78 is 16.2. The summed E-state index contributed by atoms with van der Waals surface area (Å²) in [7, 11) is 3.01. The van der Waals surface area contributed by atoms with Crippen molar-refractivity contribution in [3.63, 3.8) is 0 Å². The normalized spacial score (nSPS) is 11.9. The van der Waals surface area contributed by atoms with E-state index in [1.54, 1.807) is 54.7 Å². The van der Waals surface area contributed by atoms with Gasteiger partial charge in [0.05, 0.1) is 25.3 Å². The smallest absolute Gasteiger partial charge is 0.259 e. The van der Waals surface area contributed by atoms with Crippen molar-refractivity contribution in [1.29, 1.82) is 0 Å². The summed E-state index contributed by atoms with van der Waals surface area (Å²) in [5.41, 5.74) is 1.52. The third kappa shape index (κ3) is 3.55. The lowest BCUT2D eigenvalue weighted by atomic mass is 10.1. The Kier molecular flexibility index (Phi) is 4.74. The zero-order valence-corrected chi connectivity index (χ0v) is 15.7. The van der Waals surface area contributed by atoms with E-state index in [-0.39, 0.29) is 17.4 Å². The molecule has 2 aromatic carbocycles. The van der Waals surface area contributed by atoms with E-state index in [0.717, 1.165) is 0 Å². The van der Waals surface area contributed by atoms with E-state index < -0.39 is 0 Å². The molecule has 0 saturated heterocycles. The Morgan fingerprint density at radius 1 is 1.10 bits per heavy atom. The van der Waals surface area contributed by atoms with Gasteiger partial charge in [0, 0.05) is 18.0 Å². The number of nitrogens with one attached hydrogen (secondary N) is 2. The van der Waals surface area contributed by atoms with E-state index in [2.05, 4.69) is 15.6 Å². The fraction of sp³-hybridized carbons (Fsp3) is 0.0952. The summed E-state index contributed by atoms with van der Waals surface area (Å²) in [6, 6.07) is 13.1. The molecule has 0 fully saturated rings. The molecule has 1 aliphatic rings. The Labute approximate surface area is 166 Å². The minimum absolute atomic E-state index is 0.280. The van der Waals surface area contributed by atoms with E-state index in [9.17, 15) is 9.59 Å². The molecular weight excluding hydrogens is 374 g/mol. The van der Waals surface area contributed by atoms with Gasteiger partial charge < -0.3 is 24.8 Å². The number of anilines is 2. The van der Waals surface area contributed by atoms with Gasteiger partial charge in [0.2, 0.25) is 5.88 Å². The van der Waals surface area contributed by atoms with Crippen molar-refractivity contribution < 1.29 is 23.8 Å². The molecule has 8 heteroatoms. The Morgan fingerprint density at radius 3 is 2.76 bits per heavy atom. The van der Waals surface area contributed by atoms with Crippen molar-refractivity contribution in [3.05, 3.63) is 65.9 Å². The second kappa shape index (κ2) is 7.51. The van der Waals surface area contributed by atoms with Gasteiger partial charge >= 0.3 is 0 Å². The summed E-state index contributed by atoms with van der Waals surface area (Å²) >= 11 is 0. The highest BCUT2D eigenvalue weighted by Gasteiger charge is 2.22. The Hall–Kier alpha value is -4.07. The summed E-state index contributed by atoms with van der Waals surface area (Å²) in [5.74, 6) is 0.859. The lowest BCUT2D eigenvalue weighted by Crippen LogP contribution is -2.15. The van der Waals surface area contributed by atoms with Crippen molar-refractivity contribution >= 4 is 23.2 Å². The third-order valence-corrected chi connectivity index (χ3v) is 4.36. The Balaban J connectivity index is 1.61. The molecule has 4 rings (SSSR count). The van der Waals surface area contributed by atoms with Gasteiger partial charge in [0.1, 0.15) is 22.9 Å². The summed E-state index contributed by atoms with van der Waals surface area (Å²) in [5, 5.41) is 5.52. The number of hydrogen-bond donors (Lipinski definition) is 2. The van der Waals surface area contributed by atoms with Gasteiger partial charge in [0.25, 0.3) is 11.8 Å². The molecule has 2 N–H and O–H groups in total. The SMILES string of the molecule is COc1ccc(C(=O)Nc2ccc3c(c2)C(=O)Nc2cccnc2O3)c(OC)c1. The second-order valence-corrected chi connectivity index (χ2v) is 6.14. The van der Waals surface area contributed by atoms with Crippen LogP contribution in [-0.2, 0) is 0 Å². The minimum Gasteiger partial charge on any atom is -0.497 e. The number of nitrogens with zero attached hydrogens (tertiary/aromatic N) is 1. The van der Waals surface area contributed by atoms with Gasteiger partial charge in [0.15, 0.2) is 0 Å². The predicted octanol–water partition coefficient (Wildman–Crippen LogP) is 3.71. The first kappa shape index (κ1) is 18.3. The third-order valence-electron chi connectivity index (χ3n) is 4.36. The van der Waals surface area contributed by atoms with Crippen LogP contribution in [0.1, 0.15) is 20.7 Å². The van der Waals surface area contributed by atoms with Gasteiger partial charge in [-0.15, -0.1) is 0 Å². The standard InChI is InChI=1S/C21H17N3O5/c1-27-13-6-7-14(18(11-13)28-2)19(25)23-12-5-8-17-15(10-12)20(26)24-16-4-3-9-22-21(16)29-17/h3-11H,1-2H3,(H,23,25)(H,24,26). The highest BCUT2D eigenvalue weighted by molar-refractivity contribution is 6.10. The van der Waals surface area contributed by atoms with Crippen LogP contribution in [0.2, 0.25) is 0 Å². The molecule has 0 atom stereocenters. The Morgan fingerprint density at radius 2 is 1.97 bits per heavy atom. The first-order valence-electron chi connectivity index (χ1n) is 8.70. The van der Waals surface area contributed by atoms with Crippen LogP contribution in [-0.4, -0.2) is 31.0 Å². The number of fused-ring (bicyclic) bond motifs is 2. The number of methoxy groups -OCH3 is 2. The zero-order valence-electron chi connectivity index (χ0n) is 15.7. The van der Waals surface area contributed by atoms with E-state index in [1.807, 2.05) is 0 Å². The van der Waals surface area contributed by atoms with Crippen molar-refractivity contribution in [2.45, 2.75) is 0 Å². The Bertz CT molecular complexity index is 1110. The highest BCUT2D eigenvalue weighted by Crippen LogP contribution is 2.35. The molecule has 29 heavy (non-hydrogen) atoms. The van der Waals surface area contributed by atoms with Crippen molar-refractivity contribution in [2.24, 2.45) is 0 Å². The summed E-state index contributed by atoms with van der Waals surface area (Å²) in [4.78, 5) is 29.4. The summed E-state index contributed by atoms with van der Waals surface area (Å²) in [6.07, 6.45) is 1.58. The first-order chi connectivity index (χ1) is 14.1. The largest absolute Gasteiger partial charge is 0.497 e. The predicted molar refractivity (Wildman–Crippen MR) is 106 cm³/mol. The molecule has 2 heterocycles. The number of carbonyl (C=O) groups is 2. The van der Waals surface area contributed by atoms with Crippen molar-refractivity contribution in [1.82, 2.24) is 4.98 Å². The molecule has 0 unspecified atom stereocenters. The number of carbonyl (C=O) groups excluding carboxylic acids is 2. The molecule has 146 valence electrons. The van der Waals surface area contributed by atoms with Crippen molar-refractivity contribution in [2.75, 3.05) is 24.9 Å². The van der Waals surface area contributed by atoms with Crippen LogP contribution in [0.15, 0.2) is 54.7 Å². The quantitative estimate of drug-likeness (QED) is 0.703. The van der Waals surface area contributed by atoms with Gasteiger partial charge in [-0.1, -0.05) is 0 Å².